The van der Waals surface area contributed by atoms with Gasteiger partial charge in [-0.2, -0.15) is 0 Å². The molecule has 0 N–H and O–H groups in total. The Hall–Kier alpha value is -1.06. The van der Waals surface area contributed by atoms with E-state index >= 15 is 0 Å². The Morgan fingerprint density at radius 2 is 2.18 bits per heavy atom. The van der Waals surface area contributed by atoms with Gasteiger partial charge in [0, 0.05) is 18.5 Å². The lowest BCUT2D eigenvalue weighted by molar-refractivity contribution is -0.145. The molecule has 0 bridgehead atoms. The molecule has 2 rings (SSSR count). The maximum Gasteiger partial charge on any atom is 0.307 e. The maximum absolute atomic E-state index is 11.9. The molecule has 1 amide bonds. The van der Waals surface area contributed by atoms with E-state index in [0.29, 0.717) is 24.8 Å². The summed E-state index contributed by atoms with van der Waals surface area (Å²) in [6.45, 7) is 2.19. The van der Waals surface area contributed by atoms with Gasteiger partial charge in [0.1, 0.15) is 0 Å². The molecule has 2 saturated heterocycles. The van der Waals surface area contributed by atoms with Crippen molar-refractivity contribution in [2.75, 3.05) is 7.11 Å². The Kier molecular flexibility index (Phi) is 3.69. The van der Waals surface area contributed by atoms with Crippen molar-refractivity contribution in [1.82, 2.24) is 4.90 Å². The second kappa shape index (κ2) is 5.07. The molecule has 2 fully saturated rings. The van der Waals surface area contributed by atoms with Crippen LogP contribution in [0.4, 0.5) is 0 Å². The monoisotopic (exact) mass is 239 g/mol. The fourth-order valence-corrected chi connectivity index (χ4v) is 3.35. The smallest absolute Gasteiger partial charge is 0.307 e. The number of methoxy groups -OCH3 is 1. The number of ether oxygens (including phenoxy) is 1. The largest absolute Gasteiger partial charge is 0.469 e. The van der Waals surface area contributed by atoms with Gasteiger partial charge < -0.3 is 9.64 Å². The second-order valence-corrected chi connectivity index (χ2v) is 5.09. The molecule has 0 aromatic heterocycles. The molecule has 4 nitrogen and oxygen atoms in total. The summed E-state index contributed by atoms with van der Waals surface area (Å²) >= 11 is 0. The molecular weight excluding hydrogens is 218 g/mol. The van der Waals surface area contributed by atoms with Crippen molar-refractivity contribution in [3.05, 3.63) is 0 Å². The quantitative estimate of drug-likeness (QED) is 0.705. The summed E-state index contributed by atoms with van der Waals surface area (Å²) in [4.78, 5) is 25.3. The van der Waals surface area contributed by atoms with Gasteiger partial charge in [-0.1, -0.05) is 13.3 Å². The van der Waals surface area contributed by atoms with E-state index in [1.165, 1.54) is 7.11 Å². The van der Waals surface area contributed by atoms with Crippen LogP contribution < -0.4 is 0 Å². The number of hydrogen-bond donors (Lipinski definition) is 0. The summed E-state index contributed by atoms with van der Waals surface area (Å²) in [5.41, 5.74) is 0. The first-order valence-corrected chi connectivity index (χ1v) is 6.55. The number of amides is 1. The first-order valence-electron chi connectivity index (χ1n) is 6.55. The average molecular weight is 239 g/mol. The highest BCUT2D eigenvalue weighted by Crippen LogP contribution is 2.38. The van der Waals surface area contributed by atoms with Crippen molar-refractivity contribution in [2.45, 2.75) is 57.5 Å². The summed E-state index contributed by atoms with van der Waals surface area (Å²) in [5.74, 6) is 0.640. The first-order chi connectivity index (χ1) is 8.17. The van der Waals surface area contributed by atoms with Crippen molar-refractivity contribution in [3.8, 4) is 0 Å². The second-order valence-electron chi connectivity index (χ2n) is 5.09. The van der Waals surface area contributed by atoms with Crippen LogP contribution in [0.5, 0.6) is 0 Å². The van der Waals surface area contributed by atoms with Gasteiger partial charge >= 0.3 is 5.97 Å². The van der Waals surface area contributed by atoms with Gasteiger partial charge in [0.05, 0.1) is 13.5 Å². The lowest BCUT2D eigenvalue weighted by Gasteiger charge is -2.42. The van der Waals surface area contributed by atoms with Crippen molar-refractivity contribution in [2.24, 2.45) is 5.92 Å². The molecule has 0 aliphatic carbocycles. The van der Waals surface area contributed by atoms with Gasteiger partial charge in [-0.3, -0.25) is 9.59 Å². The van der Waals surface area contributed by atoms with Crippen LogP contribution in [0, 0.1) is 5.92 Å². The van der Waals surface area contributed by atoms with Gasteiger partial charge in [-0.15, -0.1) is 0 Å². The van der Waals surface area contributed by atoms with E-state index in [2.05, 4.69) is 6.92 Å². The van der Waals surface area contributed by atoms with Crippen LogP contribution >= 0.6 is 0 Å². The number of nitrogens with zero attached hydrogens (tertiary/aromatic N) is 1. The van der Waals surface area contributed by atoms with E-state index in [0.717, 1.165) is 25.7 Å². The van der Waals surface area contributed by atoms with Crippen LogP contribution in [-0.2, 0) is 14.3 Å². The van der Waals surface area contributed by atoms with Gasteiger partial charge in [0.25, 0.3) is 0 Å². The lowest BCUT2D eigenvalue weighted by atomic mass is 9.83. The Labute approximate surface area is 102 Å². The first kappa shape index (κ1) is 12.4. The number of fused-ring (bicyclic) bond motifs is 1. The van der Waals surface area contributed by atoms with Crippen molar-refractivity contribution in [1.29, 1.82) is 0 Å². The van der Waals surface area contributed by atoms with E-state index in [1.807, 2.05) is 4.90 Å². The van der Waals surface area contributed by atoms with Crippen molar-refractivity contribution < 1.29 is 14.3 Å². The van der Waals surface area contributed by atoms with Crippen molar-refractivity contribution in [3.63, 3.8) is 0 Å². The Morgan fingerprint density at radius 1 is 1.41 bits per heavy atom. The van der Waals surface area contributed by atoms with Crippen LogP contribution in [0.1, 0.15) is 45.4 Å². The van der Waals surface area contributed by atoms with E-state index in [-0.39, 0.29) is 17.9 Å². The molecule has 0 aromatic carbocycles. The summed E-state index contributed by atoms with van der Waals surface area (Å²) in [6, 6.07) is 0.446. The highest BCUT2D eigenvalue weighted by Gasteiger charge is 2.43. The number of hydrogen-bond acceptors (Lipinski definition) is 3. The highest BCUT2D eigenvalue weighted by molar-refractivity contribution is 5.80. The van der Waals surface area contributed by atoms with Crippen LogP contribution in [0.25, 0.3) is 0 Å². The van der Waals surface area contributed by atoms with E-state index in [9.17, 15) is 9.59 Å². The van der Waals surface area contributed by atoms with Crippen molar-refractivity contribution >= 4 is 11.9 Å². The SMILES string of the molecule is CC[C@@H]1CC[C@@H](CC(=O)OC)N2C(=O)CC[C@@H]12. The van der Waals surface area contributed by atoms with Crippen LogP contribution in [0.2, 0.25) is 0 Å². The minimum atomic E-state index is -0.205. The molecular formula is C13H21NO3. The third-order valence-corrected chi connectivity index (χ3v) is 4.26. The van der Waals surface area contributed by atoms with E-state index in [4.69, 9.17) is 4.74 Å². The lowest BCUT2D eigenvalue weighted by Crippen LogP contribution is -2.50. The molecule has 3 atom stereocenters. The zero-order valence-corrected chi connectivity index (χ0v) is 10.6. The predicted molar refractivity (Wildman–Crippen MR) is 63.3 cm³/mol. The summed E-state index contributed by atoms with van der Waals surface area (Å²) < 4.78 is 4.71. The van der Waals surface area contributed by atoms with Crippen LogP contribution in [0.3, 0.4) is 0 Å². The predicted octanol–water partition coefficient (Wildman–Crippen LogP) is 1.73. The molecule has 96 valence electrons. The number of piperidine rings is 1. The number of esters is 1. The summed E-state index contributed by atoms with van der Waals surface area (Å²) in [5, 5.41) is 0. The molecule has 0 aromatic rings. The molecule has 0 unspecified atom stereocenters. The van der Waals surface area contributed by atoms with Gasteiger partial charge in [-0.25, -0.2) is 0 Å². The van der Waals surface area contributed by atoms with Gasteiger partial charge in [0.15, 0.2) is 0 Å². The maximum atomic E-state index is 11.9. The average Bonchev–Trinajstić information content (AvgIpc) is 2.72. The zero-order valence-electron chi connectivity index (χ0n) is 10.6. The zero-order chi connectivity index (χ0) is 12.4. The van der Waals surface area contributed by atoms with Crippen LogP contribution in [0.15, 0.2) is 0 Å². The summed E-state index contributed by atoms with van der Waals surface area (Å²) in [6.07, 6.45) is 5.17. The van der Waals surface area contributed by atoms with Gasteiger partial charge in [0.2, 0.25) is 5.91 Å². The van der Waals surface area contributed by atoms with E-state index in [1.54, 1.807) is 0 Å². The normalized spacial score (nSPS) is 32.5. The molecule has 2 heterocycles. The topological polar surface area (TPSA) is 46.6 Å². The Morgan fingerprint density at radius 3 is 2.82 bits per heavy atom. The van der Waals surface area contributed by atoms with Gasteiger partial charge in [-0.05, 0) is 25.2 Å². The third kappa shape index (κ3) is 2.31. The summed E-state index contributed by atoms with van der Waals surface area (Å²) in [7, 11) is 1.41. The Bertz CT molecular complexity index is 316. The molecule has 17 heavy (non-hydrogen) atoms. The fraction of sp³-hybridized carbons (Fsp3) is 0.846. The number of carbonyl (C=O) groups excluding carboxylic acids is 2. The van der Waals surface area contributed by atoms with Crippen LogP contribution in [-0.4, -0.2) is 36.0 Å². The standard InChI is InChI=1S/C13H21NO3/c1-3-9-4-5-10(8-13(16)17-2)14-11(9)6-7-12(14)15/h9-11H,3-8H2,1-2H3/t9-,10+,11+/m1/s1. The highest BCUT2D eigenvalue weighted by atomic mass is 16.5. The third-order valence-electron chi connectivity index (χ3n) is 4.26. The molecule has 0 spiro atoms. The molecule has 2 aliphatic rings. The molecule has 0 saturated carbocycles. The fourth-order valence-electron chi connectivity index (χ4n) is 3.35. The molecule has 0 radical (unpaired) electrons. The minimum Gasteiger partial charge on any atom is -0.469 e. The molecule has 2 aliphatic heterocycles. The Balaban J connectivity index is 2.09. The number of rotatable bonds is 3. The minimum absolute atomic E-state index is 0.0743. The molecule has 4 heteroatoms. The van der Waals surface area contributed by atoms with E-state index < -0.39 is 0 Å². The number of carbonyl (C=O) groups is 2.